The van der Waals surface area contributed by atoms with Crippen LogP contribution < -0.4 is 15.4 Å². The van der Waals surface area contributed by atoms with Gasteiger partial charge in [-0.15, -0.1) is 0 Å². The van der Waals surface area contributed by atoms with Crippen molar-refractivity contribution < 1.29 is 69.6 Å². The molecule has 1 unspecified atom stereocenters. The SMILES string of the molecule is Cn1nc(C(F)(F)F)cc1-c1ccc(OCCCCCOCCOCCOCCNc2cccc3c2C(=O)N(C2CCC(=O)NC2=O)C3=O)c(-c2ccc(Cl)c(C(F)(F)F)c2)c1O. The van der Waals surface area contributed by atoms with E-state index in [2.05, 4.69) is 15.7 Å². The van der Waals surface area contributed by atoms with E-state index < -0.39 is 64.1 Å². The number of aromatic hydroxyl groups is 1. The van der Waals surface area contributed by atoms with E-state index in [4.69, 9.17) is 30.5 Å². The number of halogens is 7. The number of alkyl halides is 6. The summed E-state index contributed by atoms with van der Waals surface area (Å²) in [6, 6.07) is 10.1. The number of ether oxygens (including phenoxy) is 4. The Morgan fingerprint density at radius 3 is 2.19 bits per heavy atom. The van der Waals surface area contributed by atoms with E-state index in [0.717, 1.165) is 27.8 Å². The van der Waals surface area contributed by atoms with Crippen molar-refractivity contribution in [3.63, 3.8) is 0 Å². The number of piperidine rings is 1. The number of benzene rings is 3. The van der Waals surface area contributed by atoms with Crippen LogP contribution in [0.5, 0.6) is 11.5 Å². The molecule has 4 amide bonds. The van der Waals surface area contributed by atoms with Gasteiger partial charge in [-0.1, -0.05) is 23.7 Å². The number of hydrogen-bond acceptors (Lipinski definition) is 11. The maximum atomic E-state index is 13.8. The zero-order valence-corrected chi connectivity index (χ0v) is 34.4. The molecule has 3 N–H and O–H groups in total. The van der Waals surface area contributed by atoms with Gasteiger partial charge in [0, 0.05) is 37.9 Å². The number of carbonyl (C=O) groups excluding carboxylic acids is 4. The lowest BCUT2D eigenvalue weighted by molar-refractivity contribution is -0.141. The molecule has 338 valence electrons. The number of nitrogens with zero attached hydrogens (tertiary/aromatic N) is 3. The van der Waals surface area contributed by atoms with Gasteiger partial charge in [-0.05, 0) is 73.7 Å². The van der Waals surface area contributed by atoms with Crippen molar-refractivity contribution in [2.75, 3.05) is 58.1 Å². The molecular weight excluding hydrogens is 868 g/mol. The molecule has 0 aliphatic carbocycles. The molecule has 1 fully saturated rings. The number of aryl methyl sites for hydroxylation is 1. The normalized spacial score (nSPS) is 15.6. The van der Waals surface area contributed by atoms with Crippen molar-refractivity contribution >= 4 is 40.9 Å². The highest BCUT2D eigenvalue weighted by Gasteiger charge is 2.45. The molecular formula is C42H42ClF6N5O9. The number of unbranched alkanes of at least 4 members (excludes halogenated alkanes) is 2. The predicted octanol–water partition coefficient (Wildman–Crippen LogP) is 7.26. The minimum absolute atomic E-state index is 0.00665. The Hall–Kier alpha value is -5.70. The number of fused-ring (bicyclic) bond motifs is 1. The average molecular weight is 910 g/mol. The lowest BCUT2D eigenvalue weighted by atomic mass is 9.97. The van der Waals surface area contributed by atoms with Gasteiger partial charge in [0.25, 0.3) is 11.8 Å². The fourth-order valence-electron chi connectivity index (χ4n) is 7.06. The topological polar surface area (TPSA) is 171 Å². The number of anilines is 1. The highest BCUT2D eigenvalue weighted by Crippen LogP contribution is 2.47. The van der Waals surface area contributed by atoms with E-state index in [-0.39, 0.29) is 78.5 Å². The van der Waals surface area contributed by atoms with Crippen molar-refractivity contribution in [1.29, 1.82) is 0 Å². The monoisotopic (exact) mass is 909 g/mol. The standard InChI is InChI=1S/C42H42ClF6N5O9/c1-53-31(23-33(52-53)42(47,48)49)25-9-12-32(35(37(25)56)24-8-10-28(43)27(22-24)41(44,45)46)63-16-4-2-3-15-60-18-20-62-21-19-61-17-14-50-29-7-5-6-26-36(29)40(59)54(39(26)58)30-11-13-34(55)51-38(30)57/h5-10,12,22-23,30,50,56H,2-4,11,13-21H2,1H3,(H,51,55,57). The predicted molar refractivity (Wildman–Crippen MR) is 214 cm³/mol. The third kappa shape index (κ3) is 11.1. The molecule has 2 aliphatic rings. The molecule has 0 saturated carbocycles. The molecule has 1 saturated heterocycles. The Morgan fingerprint density at radius 2 is 1.51 bits per heavy atom. The number of phenols is 1. The van der Waals surface area contributed by atoms with Gasteiger partial charge in [0.15, 0.2) is 5.69 Å². The third-order valence-corrected chi connectivity index (χ3v) is 10.4. The zero-order valence-electron chi connectivity index (χ0n) is 33.7. The Bertz CT molecular complexity index is 2340. The fourth-order valence-corrected chi connectivity index (χ4v) is 7.29. The van der Waals surface area contributed by atoms with Crippen LogP contribution in [0.3, 0.4) is 0 Å². The Kier molecular flexibility index (Phi) is 15.0. The number of rotatable bonds is 20. The summed E-state index contributed by atoms with van der Waals surface area (Å²) < 4.78 is 105. The number of hydrogen-bond donors (Lipinski definition) is 3. The van der Waals surface area contributed by atoms with Gasteiger partial charge in [0.1, 0.15) is 17.5 Å². The van der Waals surface area contributed by atoms with Crippen molar-refractivity contribution in [3.8, 4) is 33.9 Å². The van der Waals surface area contributed by atoms with Crippen molar-refractivity contribution in [2.45, 2.75) is 50.5 Å². The average Bonchev–Trinajstić information content (AvgIpc) is 3.74. The first-order valence-electron chi connectivity index (χ1n) is 19.8. The molecule has 0 bridgehead atoms. The molecule has 0 radical (unpaired) electrons. The Morgan fingerprint density at radius 1 is 0.810 bits per heavy atom. The highest BCUT2D eigenvalue weighted by molar-refractivity contribution is 6.31. The number of phenolic OH excluding ortho intramolecular Hbond substituents is 1. The molecule has 4 aromatic rings. The van der Waals surface area contributed by atoms with Crippen LogP contribution in [-0.4, -0.2) is 102 Å². The molecule has 1 atom stereocenters. The molecule has 2 aliphatic heterocycles. The molecule has 21 heteroatoms. The second-order valence-electron chi connectivity index (χ2n) is 14.4. The first-order valence-corrected chi connectivity index (χ1v) is 20.1. The number of aromatic nitrogens is 2. The van der Waals surface area contributed by atoms with Crippen LogP contribution in [0.25, 0.3) is 22.4 Å². The van der Waals surface area contributed by atoms with Crippen molar-refractivity contribution in [3.05, 3.63) is 82.0 Å². The molecule has 6 rings (SSSR count). The lowest BCUT2D eigenvalue weighted by Gasteiger charge is -2.27. The van der Waals surface area contributed by atoms with E-state index >= 15 is 0 Å². The van der Waals surface area contributed by atoms with Gasteiger partial charge < -0.3 is 29.4 Å². The second-order valence-corrected chi connectivity index (χ2v) is 14.8. The maximum Gasteiger partial charge on any atom is 0.435 e. The van der Waals surface area contributed by atoms with Gasteiger partial charge in [-0.3, -0.25) is 34.1 Å². The van der Waals surface area contributed by atoms with E-state index in [1.165, 1.54) is 31.3 Å². The number of carbonyl (C=O) groups is 4. The first kappa shape index (κ1) is 46.8. The van der Waals surface area contributed by atoms with Crippen LogP contribution in [-0.2, 0) is 43.2 Å². The number of nitrogens with one attached hydrogen (secondary N) is 2. The van der Waals surface area contributed by atoms with Crippen LogP contribution in [0.1, 0.15) is 64.1 Å². The van der Waals surface area contributed by atoms with Gasteiger partial charge in [-0.2, -0.15) is 31.4 Å². The van der Waals surface area contributed by atoms with Crippen molar-refractivity contribution in [2.24, 2.45) is 7.05 Å². The molecule has 0 spiro atoms. The molecule has 63 heavy (non-hydrogen) atoms. The van der Waals surface area contributed by atoms with E-state index in [1.807, 2.05) is 0 Å². The number of amides is 4. The third-order valence-electron chi connectivity index (χ3n) is 10.1. The zero-order chi connectivity index (χ0) is 45.5. The van der Waals surface area contributed by atoms with Crippen LogP contribution in [0.2, 0.25) is 5.02 Å². The summed E-state index contributed by atoms with van der Waals surface area (Å²) in [6.07, 6.45) is -7.73. The van der Waals surface area contributed by atoms with Gasteiger partial charge in [-0.25, -0.2) is 0 Å². The smallest absolute Gasteiger partial charge is 0.435 e. The summed E-state index contributed by atoms with van der Waals surface area (Å²) in [6.45, 7) is 2.27. The van der Waals surface area contributed by atoms with Gasteiger partial charge in [0.2, 0.25) is 11.8 Å². The lowest BCUT2D eigenvalue weighted by Crippen LogP contribution is -2.54. The van der Waals surface area contributed by atoms with Gasteiger partial charge in [0.05, 0.1) is 72.6 Å². The molecule has 14 nitrogen and oxygen atoms in total. The summed E-state index contributed by atoms with van der Waals surface area (Å²) >= 11 is 5.82. The summed E-state index contributed by atoms with van der Waals surface area (Å²) in [4.78, 5) is 51.0. The second kappa shape index (κ2) is 20.2. The summed E-state index contributed by atoms with van der Waals surface area (Å²) in [5.74, 6) is -2.94. The fraction of sp³-hybridized carbons (Fsp3) is 0.405. The largest absolute Gasteiger partial charge is 0.506 e. The summed E-state index contributed by atoms with van der Waals surface area (Å²) in [7, 11) is 1.24. The molecule has 3 heterocycles. The highest BCUT2D eigenvalue weighted by atomic mass is 35.5. The summed E-state index contributed by atoms with van der Waals surface area (Å²) in [5.41, 5.74) is -2.16. The van der Waals surface area contributed by atoms with E-state index in [1.54, 1.807) is 12.1 Å². The molecule has 1 aromatic heterocycles. The van der Waals surface area contributed by atoms with E-state index in [0.29, 0.717) is 51.3 Å². The van der Waals surface area contributed by atoms with E-state index in [9.17, 15) is 50.6 Å². The Labute approximate surface area is 361 Å². The Balaban J connectivity index is 0.885. The summed E-state index contributed by atoms with van der Waals surface area (Å²) in [5, 5.41) is 19.5. The van der Waals surface area contributed by atoms with Crippen LogP contribution in [0, 0.1) is 0 Å². The minimum Gasteiger partial charge on any atom is -0.506 e. The minimum atomic E-state index is -4.83. The van der Waals surface area contributed by atoms with Crippen LogP contribution in [0.4, 0.5) is 32.0 Å². The first-order chi connectivity index (χ1) is 30.0. The van der Waals surface area contributed by atoms with Gasteiger partial charge >= 0.3 is 12.4 Å². The number of imide groups is 2. The molecule has 3 aromatic carbocycles. The van der Waals surface area contributed by atoms with Crippen LogP contribution in [0.15, 0.2) is 54.6 Å². The van der Waals surface area contributed by atoms with Crippen LogP contribution >= 0.6 is 11.6 Å². The quantitative estimate of drug-likeness (QED) is 0.0463. The van der Waals surface area contributed by atoms with Crippen molar-refractivity contribution in [1.82, 2.24) is 20.0 Å². The maximum absolute atomic E-state index is 13.8.